The maximum Gasteiger partial charge on any atom is 0.408 e. The number of amides is 1. The molecule has 0 aromatic carbocycles. The molecule has 0 radical (unpaired) electrons. The fourth-order valence-corrected chi connectivity index (χ4v) is 2.94. The second-order valence-corrected chi connectivity index (χ2v) is 5.87. The second-order valence-electron chi connectivity index (χ2n) is 5.87. The van der Waals surface area contributed by atoms with Crippen molar-refractivity contribution in [2.45, 2.75) is 31.5 Å². The minimum atomic E-state index is -4.35. The van der Waals surface area contributed by atoms with Gasteiger partial charge in [0.05, 0.1) is 0 Å². The van der Waals surface area contributed by atoms with Gasteiger partial charge in [0.15, 0.2) is 0 Å². The molecule has 3 rings (SSSR count). The van der Waals surface area contributed by atoms with E-state index in [1.807, 2.05) is 18.3 Å². The largest absolute Gasteiger partial charge is 0.408 e. The highest BCUT2D eigenvalue weighted by Crippen LogP contribution is 2.28. The van der Waals surface area contributed by atoms with Crippen molar-refractivity contribution in [3.8, 4) is 0 Å². The van der Waals surface area contributed by atoms with Gasteiger partial charge < -0.3 is 4.90 Å². The van der Waals surface area contributed by atoms with Crippen molar-refractivity contribution in [3.05, 3.63) is 48.0 Å². The molecule has 0 aliphatic carbocycles. The number of pyridine rings is 1. The van der Waals surface area contributed by atoms with Crippen LogP contribution >= 0.6 is 0 Å². The molecule has 3 heterocycles. The summed E-state index contributed by atoms with van der Waals surface area (Å²) in [5, 5.41) is 3.74. The lowest BCUT2D eigenvalue weighted by molar-refractivity contribution is -0.142. The van der Waals surface area contributed by atoms with Crippen LogP contribution < -0.4 is 0 Å². The van der Waals surface area contributed by atoms with Gasteiger partial charge in [-0.3, -0.25) is 14.5 Å². The van der Waals surface area contributed by atoms with Gasteiger partial charge in [-0.2, -0.15) is 18.3 Å². The molecule has 2 aromatic heterocycles. The van der Waals surface area contributed by atoms with Crippen LogP contribution in [0.25, 0.3) is 0 Å². The van der Waals surface area contributed by atoms with Gasteiger partial charge >= 0.3 is 6.18 Å². The van der Waals surface area contributed by atoms with E-state index in [4.69, 9.17) is 0 Å². The van der Waals surface area contributed by atoms with E-state index in [-0.39, 0.29) is 11.6 Å². The van der Waals surface area contributed by atoms with Gasteiger partial charge in [-0.05, 0) is 36.5 Å². The molecule has 0 saturated carbocycles. The summed E-state index contributed by atoms with van der Waals surface area (Å²) in [5.41, 5.74) is 1.21. The zero-order chi connectivity index (χ0) is 17.2. The van der Waals surface area contributed by atoms with Crippen LogP contribution in [0.15, 0.2) is 36.8 Å². The monoisotopic (exact) mass is 338 g/mol. The molecule has 8 heteroatoms. The third-order valence-electron chi connectivity index (χ3n) is 4.14. The van der Waals surface area contributed by atoms with Gasteiger partial charge in [0, 0.05) is 31.7 Å². The van der Waals surface area contributed by atoms with E-state index in [0.29, 0.717) is 19.0 Å². The topological polar surface area (TPSA) is 51.0 Å². The molecular formula is C16H17F3N4O. The third kappa shape index (κ3) is 3.93. The molecule has 24 heavy (non-hydrogen) atoms. The van der Waals surface area contributed by atoms with Crippen LogP contribution in [0.4, 0.5) is 13.2 Å². The fraction of sp³-hybridized carbons (Fsp3) is 0.438. The van der Waals surface area contributed by atoms with Crippen LogP contribution in [0.1, 0.15) is 34.8 Å². The molecule has 0 atom stereocenters. The molecule has 1 saturated heterocycles. The number of alkyl halides is 3. The van der Waals surface area contributed by atoms with Gasteiger partial charge in [0.1, 0.15) is 12.2 Å². The summed E-state index contributed by atoms with van der Waals surface area (Å²) in [6, 6.07) is 5.25. The number of hydrogen-bond donors (Lipinski definition) is 0. The van der Waals surface area contributed by atoms with E-state index in [1.54, 1.807) is 11.1 Å². The maximum absolute atomic E-state index is 12.4. The lowest BCUT2D eigenvalue weighted by Gasteiger charge is -2.31. The van der Waals surface area contributed by atoms with Crippen LogP contribution in [0.2, 0.25) is 0 Å². The first-order chi connectivity index (χ1) is 11.4. The summed E-state index contributed by atoms with van der Waals surface area (Å²) in [5.74, 6) is 0.0334. The Bertz CT molecular complexity index is 691. The molecule has 0 unspecified atom stereocenters. The molecule has 1 aliphatic heterocycles. The normalized spacial score (nSPS) is 16.4. The Hall–Kier alpha value is -2.38. The lowest BCUT2D eigenvalue weighted by Crippen LogP contribution is -2.38. The zero-order valence-electron chi connectivity index (χ0n) is 12.9. The van der Waals surface area contributed by atoms with Crippen molar-refractivity contribution in [1.82, 2.24) is 19.7 Å². The van der Waals surface area contributed by atoms with Crippen molar-refractivity contribution in [1.29, 1.82) is 0 Å². The SMILES string of the molecule is O=C(c1ccn(CC(F)(F)F)n1)N1CCC(c2cccnc2)CC1. The number of halogens is 3. The average Bonchev–Trinajstić information content (AvgIpc) is 3.01. The standard InChI is InChI=1S/C16H17F3N4O/c17-16(18,19)11-23-9-5-14(21-23)15(24)22-7-3-12(4-8-22)13-2-1-6-20-10-13/h1-2,5-6,9-10,12H,3-4,7-8,11H2. The number of rotatable bonds is 3. The van der Waals surface area contributed by atoms with Crippen molar-refractivity contribution >= 4 is 5.91 Å². The van der Waals surface area contributed by atoms with Crippen LogP contribution in [-0.4, -0.2) is 44.8 Å². The molecule has 2 aromatic rings. The number of aromatic nitrogens is 3. The van der Waals surface area contributed by atoms with Gasteiger partial charge in [-0.15, -0.1) is 0 Å². The molecule has 0 N–H and O–H groups in total. The van der Waals surface area contributed by atoms with Crippen molar-refractivity contribution in [2.24, 2.45) is 0 Å². The zero-order valence-corrected chi connectivity index (χ0v) is 12.9. The Kier molecular flexibility index (Phi) is 4.55. The number of likely N-dealkylation sites (tertiary alicyclic amines) is 1. The Labute approximate surface area is 137 Å². The molecule has 5 nitrogen and oxygen atoms in total. The predicted octanol–water partition coefficient (Wildman–Crippen LogP) is 2.86. The van der Waals surface area contributed by atoms with Crippen molar-refractivity contribution < 1.29 is 18.0 Å². The number of piperidine rings is 1. The highest BCUT2D eigenvalue weighted by Gasteiger charge is 2.30. The minimum absolute atomic E-state index is 0.0547. The Balaban J connectivity index is 1.59. The van der Waals surface area contributed by atoms with Gasteiger partial charge in [-0.1, -0.05) is 6.07 Å². The Morgan fingerprint density at radius 3 is 2.62 bits per heavy atom. The van der Waals surface area contributed by atoms with Crippen molar-refractivity contribution in [3.63, 3.8) is 0 Å². The summed E-state index contributed by atoms with van der Waals surface area (Å²) >= 11 is 0. The lowest BCUT2D eigenvalue weighted by atomic mass is 9.90. The maximum atomic E-state index is 12.4. The van der Waals surface area contributed by atoms with E-state index >= 15 is 0 Å². The molecule has 0 spiro atoms. The van der Waals surface area contributed by atoms with Crippen LogP contribution in [0.3, 0.4) is 0 Å². The Morgan fingerprint density at radius 1 is 1.25 bits per heavy atom. The first kappa shape index (κ1) is 16.5. The highest BCUT2D eigenvalue weighted by atomic mass is 19.4. The second kappa shape index (κ2) is 6.62. The first-order valence-electron chi connectivity index (χ1n) is 7.72. The van der Waals surface area contributed by atoms with Gasteiger partial charge in [-0.25, -0.2) is 0 Å². The molecule has 1 amide bonds. The van der Waals surface area contributed by atoms with Crippen molar-refractivity contribution in [2.75, 3.05) is 13.1 Å². The average molecular weight is 338 g/mol. The smallest absolute Gasteiger partial charge is 0.337 e. The van der Waals surface area contributed by atoms with E-state index in [0.717, 1.165) is 23.1 Å². The minimum Gasteiger partial charge on any atom is -0.337 e. The summed E-state index contributed by atoms with van der Waals surface area (Å²) in [7, 11) is 0. The first-order valence-corrected chi connectivity index (χ1v) is 7.72. The van der Waals surface area contributed by atoms with Crippen LogP contribution in [0.5, 0.6) is 0 Å². The summed E-state index contributed by atoms with van der Waals surface area (Å²) in [6.07, 6.45) is 2.00. The predicted molar refractivity (Wildman–Crippen MR) is 80.4 cm³/mol. The molecule has 0 bridgehead atoms. The highest BCUT2D eigenvalue weighted by molar-refractivity contribution is 5.92. The van der Waals surface area contributed by atoms with E-state index in [9.17, 15) is 18.0 Å². The van der Waals surface area contributed by atoms with E-state index in [1.165, 1.54) is 12.3 Å². The molecule has 1 fully saturated rings. The number of nitrogens with zero attached hydrogens (tertiary/aromatic N) is 4. The molecular weight excluding hydrogens is 321 g/mol. The van der Waals surface area contributed by atoms with Crippen LogP contribution in [-0.2, 0) is 6.54 Å². The van der Waals surface area contributed by atoms with Gasteiger partial charge in [0.25, 0.3) is 5.91 Å². The number of hydrogen-bond acceptors (Lipinski definition) is 3. The van der Waals surface area contributed by atoms with Crippen LogP contribution in [0, 0.1) is 0 Å². The fourth-order valence-electron chi connectivity index (χ4n) is 2.94. The van der Waals surface area contributed by atoms with E-state index in [2.05, 4.69) is 10.1 Å². The third-order valence-corrected chi connectivity index (χ3v) is 4.14. The summed E-state index contributed by atoms with van der Waals surface area (Å²) in [6.45, 7) is -0.0710. The van der Waals surface area contributed by atoms with Gasteiger partial charge in [0.2, 0.25) is 0 Å². The quantitative estimate of drug-likeness (QED) is 0.865. The summed E-state index contributed by atoms with van der Waals surface area (Å²) < 4.78 is 37.8. The number of carbonyl (C=O) groups excluding carboxylic acids is 1. The molecule has 128 valence electrons. The van der Waals surface area contributed by atoms with E-state index < -0.39 is 12.7 Å². The summed E-state index contributed by atoms with van der Waals surface area (Å²) in [4.78, 5) is 18.1. The Morgan fingerprint density at radius 2 is 2.00 bits per heavy atom. The number of carbonyl (C=O) groups is 1. The molecule has 1 aliphatic rings.